The minimum Gasteiger partial charge on any atom is -0.496 e. The normalized spacial score (nSPS) is 14.9. The summed E-state index contributed by atoms with van der Waals surface area (Å²) in [5.74, 6) is -0.968. The maximum atomic E-state index is 11.5. The number of hydrogen-bond acceptors (Lipinski definition) is 11. The highest BCUT2D eigenvalue weighted by Gasteiger charge is 2.52. The molecule has 0 bridgehead atoms. The molecule has 0 radical (unpaired) electrons. The fraction of sp³-hybridized carbons (Fsp3) is 0.462. The predicted octanol–water partition coefficient (Wildman–Crippen LogP) is 1.18. The maximum Gasteiger partial charge on any atom is 0.495 e. The van der Waals surface area contributed by atoms with Crippen molar-refractivity contribution < 1.29 is 57.7 Å². The molecule has 14 heteroatoms. The maximum absolute atomic E-state index is 11.5. The van der Waals surface area contributed by atoms with E-state index < -0.39 is 37.4 Å². The quantitative estimate of drug-likeness (QED) is 0.312. The molecule has 12 nitrogen and oxygen atoms in total. The molecule has 0 unspecified atom stereocenters. The van der Waals surface area contributed by atoms with Gasteiger partial charge >= 0.3 is 26.2 Å². The minimum atomic E-state index is -1.68. The molecule has 0 saturated carbocycles. The topological polar surface area (TPSA) is 159 Å². The first kappa shape index (κ1) is 32.8. The van der Waals surface area contributed by atoms with Gasteiger partial charge in [0.25, 0.3) is 0 Å². The third-order valence-corrected chi connectivity index (χ3v) is 6.89. The average molecular weight is 562 g/mol. The molecule has 40 heavy (non-hydrogen) atoms. The SMILES string of the molecule is COC(=O)c1c(OC)cc(B(O)O)cc1OC.COc1cc(B2OC(C)(C)C(C)(C)O2)c(C)c(OC)c1C(=O)O. The second-order valence-corrected chi connectivity index (χ2v) is 9.76. The van der Waals surface area contributed by atoms with Crippen molar-refractivity contribution in [2.75, 3.05) is 35.5 Å². The lowest BCUT2D eigenvalue weighted by molar-refractivity contribution is 0.00578. The smallest absolute Gasteiger partial charge is 0.495 e. The molecular formula is C26H36B2O12. The minimum absolute atomic E-state index is 0.00670. The lowest BCUT2D eigenvalue weighted by Gasteiger charge is -2.32. The van der Waals surface area contributed by atoms with Gasteiger partial charge in [-0.05, 0) is 69.3 Å². The van der Waals surface area contributed by atoms with Gasteiger partial charge in [-0.2, -0.15) is 0 Å². The van der Waals surface area contributed by atoms with Gasteiger partial charge in [0.2, 0.25) is 0 Å². The van der Waals surface area contributed by atoms with Crippen molar-refractivity contribution in [3.8, 4) is 23.0 Å². The van der Waals surface area contributed by atoms with E-state index in [1.165, 1.54) is 47.7 Å². The summed E-state index contributed by atoms with van der Waals surface area (Å²) in [5, 5.41) is 27.6. The average Bonchev–Trinajstić information content (AvgIpc) is 3.12. The number of rotatable bonds is 8. The Morgan fingerprint density at radius 2 is 1.25 bits per heavy atom. The monoisotopic (exact) mass is 562 g/mol. The molecule has 1 saturated heterocycles. The van der Waals surface area contributed by atoms with Gasteiger partial charge in [-0.1, -0.05) is 0 Å². The van der Waals surface area contributed by atoms with E-state index in [0.717, 1.165) is 0 Å². The molecule has 0 aliphatic carbocycles. The zero-order chi connectivity index (χ0) is 30.6. The number of ether oxygens (including phenoxy) is 5. The highest BCUT2D eigenvalue weighted by Crippen LogP contribution is 2.38. The van der Waals surface area contributed by atoms with E-state index in [1.807, 2.05) is 27.7 Å². The predicted molar refractivity (Wildman–Crippen MR) is 148 cm³/mol. The summed E-state index contributed by atoms with van der Waals surface area (Å²) in [6.07, 6.45) is 0. The van der Waals surface area contributed by atoms with E-state index in [1.54, 1.807) is 13.0 Å². The standard InChI is InChI=1S/C16H23BO6.C10H13BO6/c1-9-10(17-22-15(2,3)16(4,5)23-17)8-11(20-6)12(14(18)19)13(9)21-7;1-15-7-4-6(11(13)14)5-8(16-2)9(7)10(12)17-3/h8H,1-7H3,(H,18,19);4-5,13-14H,1-3H3. The van der Waals surface area contributed by atoms with Crippen molar-refractivity contribution in [2.45, 2.75) is 45.8 Å². The molecular weight excluding hydrogens is 526 g/mol. The summed E-state index contributed by atoms with van der Waals surface area (Å²) in [5.41, 5.74) is 0.624. The first-order chi connectivity index (χ1) is 18.6. The number of carbonyl (C=O) groups is 2. The van der Waals surface area contributed by atoms with Gasteiger partial charge in [-0.25, -0.2) is 9.59 Å². The van der Waals surface area contributed by atoms with Crippen molar-refractivity contribution >= 4 is 37.1 Å². The molecule has 0 aromatic heterocycles. The Kier molecular flexibility index (Phi) is 10.5. The third-order valence-electron chi connectivity index (χ3n) is 6.89. The fourth-order valence-electron chi connectivity index (χ4n) is 3.97. The van der Waals surface area contributed by atoms with E-state index in [2.05, 4.69) is 4.74 Å². The van der Waals surface area contributed by atoms with Gasteiger partial charge in [0.15, 0.2) is 0 Å². The molecule has 1 fully saturated rings. The Morgan fingerprint density at radius 3 is 1.60 bits per heavy atom. The van der Waals surface area contributed by atoms with Crippen LogP contribution < -0.4 is 29.9 Å². The highest BCUT2D eigenvalue weighted by atomic mass is 16.7. The molecule has 0 atom stereocenters. The van der Waals surface area contributed by atoms with Crippen LogP contribution >= 0.6 is 0 Å². The van der Waals surface area contributed by atoms with Gasteiger partial charge in [0, 0.05) is 0 Å². The number of carboxylic acids is 1. The van der Waals surface area contributed by atoms with E-state index in [-0.39, 0.29) is 39.6 Å². The van der Waals surface area contributed by atoms with Crippen molar-refractivity contribution in [2.24, 2.45) is 0 Å². The van der Waals surface area contributed by atoms with Gasteiger partial charge in [-0.3, -0.25) is 0 Å². The summed E-state index contributed by atoms with van der Waals surface area (Å²) >= 11 is 0. The first-order valence-corrected chi connectivity index (χ1v) is 12.1. The Bertz CT molecular complexity index is 1200. The molecule has 218 valence electrons. The van der Waals surface area contributed by atoms with Crippen molar-refractivity contribution in [3.05, 3.63) is 34.9 Å². The second-order valence-electron chi connectivity index (χ2n) is 9.76. The number of methoxy groups -OCH3 is 5. The largest absolute Gasteiger partial charge is 0.496 e. The van der Waals surface area contributed by atoms with Crippen LogP contribution in [0.15, 0.2) is 18.2 Å². The van der Waals surface area contributed by atoms with E-state index in [0.29, 0.717) is 11.0 Å². The van der Waals surface area contributed by atoms with Crippen LogP contribution in [-0.2, 0) is 14.0 Å². The number of carboxylic acid groups (broad SMARTS) is 1. The highest BCUT2D eigenvalue weighted by molar-refractivity contribution is 6.63. The Labute approximate surface area is 234 Å². The molecule has 2 aromatic rings. The van der Waals surface area contributed by atoms with Gasteiger partial charge in [0.1, 0.15) is 34.1 Å². The number of carbonyl (C=O) groups excluding carboxylic acids is 1. The van der Waals surface area contributed by atoms with Crippen LogP contribution in [0.3, 0.4) is 0 Å². The van der Waals surface area contributed by atoms with Crippen LogP contribution in [-0.4, -0.2) is 88.1 Å². The second kappa shape index (κ2) is 12.8. The summed E-state index contributed by atoms with van der Waals surface area (Å²) in [4.78, 5) is 23.1. The van der Waals surface area contributed by atoms with E-state index in [9.17, 15) is 14.7 Å². The Hall–Kier alpha value is -3.45. The van der Waals surface area contributed by atoms with Crippen LogP contribution in [0.1, 0.15) is 54.0 Å². The molecule has 0 amide bonds. The van der Waals surface area contributed by atoms with Crippen molar-refractivity contribution in [1.29, 1.82) is 0 Å². The van der Waals surface area contributed by atoms with Crippen molar-refractivity contribution in [3.63, 3.8) is 0 Å². The molecule has 2 aromatic carbocycles. The summed E-state index contributed by atoms with van der Waals surface area (Å²) in [6, 6.07) is 4.31. The Morgan fingerprint density at radius 1 is 0.800 bits per heavy atom. The molecule has 3 rings (SSSR count). The van der Waals surface area contributed by atoms with Crippen LogP contribution in [0.4, 0.5) is 0 Å². The van der Waals surface area contributed by atoms with Crippen LogP contribution in [0.2, 0.25) is 0 Å². The number of benzene rings is 2. The lowest BCUT2D eigenvalue weighted by Crippen LogP contribution is -2.41. The molecule has 1 heterocycles. The zero-order valence-electron chi connectivity index (χ0n) is 24.4. The van der Waals surface area contributed by atoms with Crippen LogP contribution in [0, 0.1) is 6.92 Å². The number of aromatic carboxylic acids is 1. The summed E-state index contributed by atoms with van der Waals surface area (Å²) in [6.45, 7) is 9.63. The summed E-state index contributed by atoms with van der Waals surface area (Å²) < 4.78 is 37.2. The van der Waals surface area contributed by atoms with Gasteiger partial charge in [0.05, 0.1) is 46.8 Å². The zero-order valence-corrected chi connectivity index (χ0v) is 24.4. The molecule has 1 aliphatic heterocycles. The fourth-order valence-corrected chi connectivity index (χ4v) is 3.97. The van der Waals surface area contributed by atoms with E-state index >= 15 is 0 Å². The molecule has 3 N–H and O–H groups in total. The Balaban J connectivity index is 0.000000294. The number of hydrogen-bond donors (Lipinski definition) is 3. The van der Waals surface area contributed by atoms with Gasteiger partial charge in [-0.15, -0.1) is 0 Å². The third kappa shape index (κ3) is 6.47. The molecule has 1 aliphatic rings. The lowest BCUT2D eigenvalue weighted by atomic mass is 9.75. The summed E-state index contributed by atoms with van der Waals surface area (Å²) in [7, 11) is 4.50. The number of esters is 1. The van der Waals surface area contributed by atoms with Crippen LogP contribution in [0.5, 0.6) is 23.0 Å². The van der Waals surface area contributed by atoms with Crippen molar-refractivity contribution in [1.82, 2.24) is 0 Å². The molecule has 0 spiro atoms. The van der Waals surface area contributed by atoms with Crippen LogP contribution in [0.25, 0.3) is 0 Å². The first-order valence-electron chi connectivity index (χ1n) is 12.1. The van der Waals surface area contributed by atoms with Gasteiger partial charge < -0.3 is 48.1 Å². The van der Waals surface area contributed by atoms with E-state index in [4.69, 9.17) is 38.3 Å².